The number of urea groups is 1. The predicted molar refractivity (Wildman–Crippen MR) is 74.4 cm³/mol. The van der Waals surface area contributed by atoms with Crippen molar-refractivity contribution in [2.24, 2.45) is 0 Å². The van der Waals surface area contributed by atoms with E-state index in [0.29, 0.717) is 6.54 Å². The molecule has 1 N–H and O–H groups in total. The lowest BCUT2D eigenvalue weighted by molar-refractivity contribution is 0.208. The van der Waals surface area contributed by atoms with Crippen LogP contribution in [0.4, 0.5) is 4.79 Å². The largest absolute Gasteiger partial charge is 0.334 e. The van der Waals surface area contributed by atoms with E-state index in [1.54, 1.807) is 18.7 Å². The van der Waals surface area contributed by atoms with Gasteiger partial charge in [-0.25, -0.2) is 14.8 Å². The number of hydrogen-bond acceptors (Lipinski definition) is 3. The maximum atomic E-state index is 11.9. The number of likely N-dealkylation sites (tertiary alicyclic amines) is 1. The Kier molecular flexibility index (Phi) is 3.62. The van der Waals surface area contributed by atoms with Crippen molar-refractivity contribution in [3.63, 3.8) is 0 Å². The second kappa shape index (κ2) is 5.73. The highest BCUT2D eigenvalue weighted by Gasteiger charge is 2.16. The average Bonchev–Trinajstić information content (AvgIpc) is 3.18. The van der Waals surface area contributed by atoms with Gasteiger partial charge in [-0.2, -0.15) is 0 Å². The summed E-state index contributed by atoms with van der Waals surface area (Å²) in [6.07, 6.45) is 9.25. The lowest BCUT2D eigenvalue weighted by atomic mass is 10.3. The molecular weight excluding hydrogens is 254 g/mol. The number of rotatable bonds is 3. The van der Waals surface area contributed by atoms with Gasteiger partial charge in [0.2, 0.25) is 0 Å². The molecule has 0 aliphatic carbocycles. The molecule has 0 bridgehead atoms. The maximum Gasteiger partial charge on any atom is 0.317 e. The summed E-state index contributed by atoms with van der Waals surface area (Å²) < 4.78 is 1.84. The highest BCUT2D eigenvalue weighted by Crippen LogP contribution is 2.08. The Labute approximate surface area is 117 Å². The Morgan fingerprint density at radius 1 is 1.30 bits per heavy atom. The fourth-order valence-electron chi connectivity index (χ4n) is 2.28. The van der Waals surface area contributed by atoms with Gasteiger partial charge in [-0.05, 0) is 24.5 Å². The Hall–Kier alpha value is -2.37. The van der Waals surface area contributed by atoms with Crippen LogP contribution in [0.1, 0.15) is 18.4 Å². The first-order chi connectivity index (χ1) is 9.83. The number of imidazole rings is 1. The summed E-state index contributed by atoms with van der Waals surface area (Å²) >= 11 is 0. The number of hydrogen-bond donors (Lipinski definition) is 1. The molecule has 20 heavy (non-hydrogen) atoms. The van der Waals surface area contributed by atoms with E-state index in [1.165, 1.54) is 0 Å². The number of nitrogens with one attached hydrogen (secondary N) is 1. The zero-order valence-electron chi connectivity index (χ0n) is 11.2. The highest BCUT2D eigenvalue weighted by molar-refractivity contribution is 5.74. The molecule has 1 aliphatic rings. The Morgan fingerprint density at radius 2 is 2.15 bits per heavy atom. The van der Waals surface area contributed by atoms with E-state index >= 15 is 0 Å². The first-order valence-electron chi connectivity index (χ1n) is 6.79. The number of pyridine rings is 1. The molecule has 0 saturated carbocycles. The molecule has 2 aromatic rings. The minimum Gasteiger partial charge on any atom is -0.334 e. The quantitative estimate of drug-likeness (QED) is 0.921. The Bertz CT molecular complexity index is 558. The second-order valence-electron chi connectivity index (χ2n) is 4.85. The molecule has 0 unspecified atom stereocenters. The maximum absolute atomic E-state index is 11.9. The van der Waals surface area contributed by atoms with E-state index in [2.05, 4.69) is 15.3 Å². The molecule has 0 atom stereocenters. The number of amides is 2. The van der Waals surface area contributed by atoms with Gasteiger partial charge in [0.1, 0.15) is 12.1 Å². The molecule has 104 valence electrons. The van der Waals surface area contributed by atoms with Crippen molar-refractivity contribution >= 4 is 6.03 Å². The van der Waals surface area contributed by atoms with Crippen LogP contribution in [0.25, 0.3) is 5.82 Å². The summed E-state index contributed by atoms with van der Waals surface area (Å²) in [4.78, 5) is 22.0. The molecule has 6 nitrogen and oxygen atoms in total. The van der Waals surface area contributed by atoms with Crippen molar-refractivity contribution in [2.75, 3.05) is 13.1 Å². The van der Waals surface area contributed by atoms with Crippen molar-refractivity contribution in [1.82, 2.24) is 24.8 Å². The molecule has 6 heteroatoms. The molecule has 0 aromatic carbocycles. The van der Waals surface area contributed by atoms with Crippen LogP contribution in [-0.2, 0) is 6.54 Å². The zero-order chi connectivity index (χ0) is 13.8. The van der Waals surface area contributed by atoms with Crippen LogP contribution >= 0.6 is 0 Å². The van der Waals surface area contributed by atoms with Gasteiger partial charge in [-0.1, -0.05) is 6.07 Å². The van der Waals surface area contributed by atoms with Gasteiger partial charge in [0.25, 0.3) is 0 Å². The highest BCUT2D eigenvalue weighted by atomic mass is 16.2. The summed E-state index contributed by atoms with van der Waals surface area (Å²) in [5.74, 6) is 0.817. The predicted octanol–water partition coefficient (Wildman–Crippen LogP) is 1.57. The van der Waals surface area contributed by atoms with Gasteiger partial charge >= 0.3 is 6.03 Å². The first kappa shape index (κ1) is 12.7. The Morgan fingerprint density at radius 3 is 2.80 bits per heavy atom. The van der Waals surface area contributed by atoms with Gasteiger partial charge in [0.15, 0.2) is 0 Å². The summed E-state index contributed by atoms with van der Waals surface area (Å²) in [7, 11) is 0. The fraction of sp³-hybridized carbons (Fsp3) is 0.357. The van der Waals surface area contributed by atoms with Crippen LogP contribution in [0.5, 0.6) is 0 Å². The molecular formula is C14H17N5O. The van der Waals surface area contributed by atoms with Gasteiger partial charge in [0, 0.05) is 38.2 Å². The third-order valence-electron chi connectivity index (χ3n) is 3.42. The smallest absolute Gasteiger partial charge is 0.317 e. The van der Waals surface area contributed by atoms with Crippen LogP contribution in [0, 0.1) is 0 Å². The molecule has 1 fully saturated rings. The normalized spacial score (nSPS) is 14.5. The summed E-state index contributed by atoms with van der Waals surface area (Å²) in [6, 6.07) is 3.90. The van der Waals surface area contributed by atoms with E-state index < -0.39 is 0 Å². The molecule has 1 saturated heterocycles. The van der Waals surface area contributed by atoms with Crippen molar-refractivity contribution < 1.29 is 4.79 Å². The van der Waals surface area contributed by atoms with E-state index in [4.69, 9.17) is 0 Å². The van der Waals surface area contributed by atoms with E-state index in [1.807, 2.05) is 27.8 Å². The van der Waals surface area contributed by atoms with Crippen LogP contribution in [0.15, 0.2) is 37.1 Å². The molecule has 2 aromatic heterocycles. The molecule has 0 radical (unpaired) electrons. The van der Waals surface area contributed by atoms with Crippen molar-refractivity contribution in [1.29, 1.82) is 0 Å². The number of carbonyl (C=O) groups is 1. The molecule has 1 aliphatic heterocycles. The van der Waals surface area contributed by atoms with Crippen molar-refractivity contribution in [3.8, 4) is 5.82 Å². The van der Waals surface area contributed by atoms with E-state index in [9.17, 15) is 4.79 Å². The van der Waals surface area contributed by atoms with Crippen LogP contribution in [0.3, 0.4) is 0 Å². The van der Waals surface area contributed by atoms with Gasteiger partial charge in [-0.3, -0.25) is 4.57 Å². The lowest BCUT2D eigenvalue weighted by Gasteiger charge is -2.16. The number of nitrogens with zero attached hydrogens (tertiary/aromatic N) is 4. The first-order valence-corrected chi connectivity index (χ1v) is 6.79. The van der Waals surface area contributed by atoms with E-state index in [-0.39, 0.29) is 6.03 Å². The molecule has 3 rings (SSSR count). The SMILES string of the molecule is O=C(NCc1ccc(-n2ccnc2)nc1)N1CCCC1. The van der Waals surface area contributed by atoms with Crippen molar-refractivity contribution in [2.45, 2.75) is 19.4 Å². The van der Waals surface area contributed by atoms with Crippen LogP contribution in [-0.4, -0.2) is 38.6 Å². The van der Waals surface area contributed by atoms with Crippen LogP contribution in [0.2, 0.25) is 0 Å². The second-order valence-corrected chi connectivity index (χ2v) is 4.85. The minimum absolute atomic E-state index is 0.0150. The standard InChI is InChI=1S/C14H17N5O/c20-14(18-6-1-2-7-18)17-10-12-3-4-13(16-9-12)19-8-5-15-11-19/h3-5,8-9,11H,1-2,6-7,10H2,(H,17,20). The van der Waals surface area contributed by atoms with E-state index in [0.717, 1.165) is 37.3 Å². The third-order valence-corrected chi connectivity index (χ3v) is 3.42. The lowest BCUT2D eigenvalue weighted by Crippen LogP contribution is -2.37. The summed E-state index contributed by atoms with van der Waals surface area (Å²) in [5, 5.41) is 2.92. The van der Waals surface area contributed by atoms with Crippen molar-refractivity contribution in [3.05, 3.63) is 42.6 Å². The van der Waals surface area contributed by atoms with Gasteiger partial charge in [0.05, 0.1) is 0 Å². The monoisotopic (exact) mass is 271 g/mol. The molecule has 0 spiro atoms. The Balaban J connectivity index is 1.57. The number of aromatic nitrogens is 3. The third kappa shape index (κ3) is 2.79. The van der Waals surface area contributed by atoms with Gasteiger partial charge < -0.3 is 10.2 Å². The number of carbonyl (C=O) groups excluding carboxylic acids is 1. The minimum atomic E-state index is 0.0150. The summed E-state index contributed by atoms with van der Waals surface area (Å²) in [6.45, 7) is 2.24. The van der Waals surface area contributed by atoms with Gasteiger partial charge in [-0.15, -0.1) is 0 Å². The topological polar surface area (TPSA) is 63.1 Å². The molecule has 2 amide bonds. The fourth-order valence-corrected chi connectivity index (χ4v) is 2.28. The zero-order valence-corrected chi connectivity index (χ0v) is 11.2. The summed E-state index contributed by atoms with van der Waals surface area (Å²) in [5.41, 5.74) is 0.987. The van der Waals surface area contributed by atoms with Crippen LogP contribution < -0.4 is 5.32 Å². The molecule has 3 heterocycles. The average molecular weight is 271 g/mol.